The van der Waals surface area contributed by atoms with E-state index in [1.807, 2.05) is 24.4 Å². The highest BCUT2D eigenvalue weighted by Gasteiger charge is 2.12. The maximum atomic E-state index is 5.95. The van der Waals surface area contributed by atoms with Crippen LogP contribution in [0.3, 0.4) is 0 Å². The van der Waals surface area contributed by atoms with Crippen LogP contribution < -0.4 is 10.5 Å². The van der Waals surface area contributed by atoms with Gasteiger partial charge in [0, 0.05) is 12.4 Å². The summed E-state index contributed by atoms with van der Waals surface area (Å²) in [6, 6.07) is 7.92. The number of hydrogen-bond acceptors (Lipinski definition) is 4. The van der Waals surface area contributed by atoms with Crippen molar-refractivity contribution in [2.45, 2.75) is 19.8 Å². The molecule has 2 N–H and O–H groups in total. The number of nitrogens with zero attached hydrogens (tertiary/aromatic N) is 3. The zero-order valence-corrected chi connectivity index (χ0v) is 11.4. The minimum Gasteiger partial charge on any atom is -0.436 e. The SMILES string of the molecule is CC(C)c1ccccc1Oc1nc(N)cn2ccnc12. The van der Waals surface area contributed by atoms with Crippen molar-refractivity contribution in [3.63, 3.8) is 0 Å². The van der Waals surface area contributed by atoms with Crippen LogP contribution >= 0.6 is 0 Å². The van der Waals surface area contributed by atoms with Crippen molar-refractivity contribution >= 4 is 11.5 Å². The number of para-hydroxylation sites is 1. The lowest BCUT2D eigenvalue weighted by molar-refractivity contribution is 0.457. The topological polar surface area (TPSA) is 65.4 Å². The lowest BCUT2D eigenvalue weighted by Crippen LogP contribution is -2.00. The molecule has 0 saturated carbocycles. The number of nitrogen functional groups attached to an aromatic ring is 1. The van der Waals surface area contributed by atoms with E-state index in [2.05, 4.69) is 29.9 Å². The molecule has 2 aromatic heterocycles. The Bertz CT molecular complexity index is 748. The highest BCUT2D eigenvalue weighted by molar-refractivity contribution is 5.54. The largest absolute Gasteiger partial charge is 0.436 e. The fourth-order valence-corrected chi connectivity index (χ4v) is 2.14. The van der Waals surface area contributed by atoms with Crippen molar-refractivity contribution in [2.24, 2.45) is 0 Å². The summed E-state index contributed by atoms with van der Waals surface area (Å²) in [4.78, 5) is 8.49. The second-order valence-corrected chi connectivity index (χ2v) is 4.92. The van der Waals surface area contributed by atoms with Crippen molar-refractivity contribution in [1.82, 2.24) is 14.4 Å². The predicted molar refractivity (Wildman–Crippen MR) is 78.0 cm³/mol. The summed E-state index contributed by atoms with van der Waals surface area (Å²) in [6.45, 7) is 4.25. The van der Waals surface area contributed by atoms with Crippen molar-refractivity contribution in [1.29, 1.82) is 0 Å². The first-order valence-corrected chi connectivity index (χ1v) is 6.51. The Morgan fingerprint density at radius 3 is 2.85 bits per heavy atom. The Balaban J connectivity index is 2.08. The summed E-state index contributed by atoms with van der Waals surface area (Å²) in [6.07, 6.45) is 5.22. The molecule has 0 amide bonds. The smallest absolute Gasteiger partial charge is 0.265 e. The summed E-state index contributed by atoms with van der Waals surface area (Å²) < 4.78 is 7.75. The Morgan fingerprint density at radius 1 is 1.25 bits per heavy atom. The maximum absolute atomic E-state index is 5.95. The summed E-state index contributed by atoms with van der Waals surface area (Å²) in [5, 5.41) is 0. The van der Waals surface area contributed by atoms with Gasteiger partial charge in [-0.15, -0.1) is 0 Å². The first-order chi connectivity index (χ1) is 9.65. The molecule has 5 heteroatoms. The Hall–Kier alpha value is -2.56. The number of ether oxygens (including phenoxy) is 1. The van der Waals surface area contributed by atoms with Crippen LogP contribution in [-0.2, 0) is 0 Å². The molecular formula is C15H16N4O. The van der Waals surface area contributed by atoms with Gasteiger partial charge in [-0.25, -0.2) is 4.98 Å². The van der Waals surface area contributed by atoms with E-state index in [0.29, 0.717) is 23.3 Å². The third kappa shape index (κ3) is 2.18. The Labute approximate surface area is 117 Å². The average molecular weight is 268 g/mol. The number of anilines is 1. The lowest BCUT2D eigenvalue weighted by Gasteiger charge is -2.13. The van der Waals surface area contributed by atoms with Crippen LogP contribution in [0.15, 0.2) is 42.9 Å². The van der Waals surface area contributed by atoms with E-state index in [1.54, 1.807) is 16.8 Å². The standard InChI is InChI=1S/C15H16N4O/c1-10(2)11-5-3-4-6-12(11)20-15-14-17-7-8-19(14)9-13(16)18-15/h3-10H,16H2,1-2H3. The predicted octanol–water partition coefficient (Wildman–Crippen LogP) is 3.23. The number of aromatic nitrogens is 3. The molecule has 1 aromatic carbocycles. The van der Waals surface area contributed by atoms with Crippen LogP contribution in [0.5, 0.6) is 11.6 Å². The molecule has 0 aliphatic carbocycles. The third-order valence-electron chi connectivity index (χ3n) is 3.11. The van der Waals surface area contributed by atoms with E-state index >= 15 is 0 Å². The van der Waals surface area contributed by atoms with Gasteiger partial charge in [0.25, 0.3) is 5.88 Å². The minimum atomic E-state index is 0.364. The van der Waals surface area contributed by atoms with Crippen LogP contribution in [0, 0.1) is 0 Å². The van der Waals surface area contributed by atoms with Gasteiger partial charge < -0.3 is 10.5 Å². The third-order valence-corrected chi connectivity index (χ3v) is 3.11. The van der Waals surface area contributed by atoms with Gasteiger partial charge in [0.1, 0.15) is 11.6 Å². The van der Waals surface area contributed by atoms with Gasteiger partial charge in [-0.3, -0.25) is 4.40 Å². The van der Waals surface area contributed by atoms with Gasteiger partial charge in [0.15, 0.2) is 0 Å². The van der Waals surface area contributed by atoms with Crippen molar-refractivity contribution in [3.05, 3.63) is 48.4 Å². The monoisotopic (exact) mass is 268 g/mol. The first-order valence-electron chi connectivity index (χ1n) is 6.51. The molecule has 2 heterocycles. The molecule has 3 aromatic rings. The second kappa shape index (κ2) is 4.85. The molecule has 0 atom stereocenters. The van der Waals surface area contributed by atoms with E-state index < -0.39 is 0 Å². The Kier molecular flexibility index (Phi) is 3.02. The van der Waals surface area contributed by atoms with Gasteiger partial charge in [0.2, 0.25) is 5.65 Å². The fraction of sp³-hybridized carbons (Fsp3) is 0.200. The molecule has 20 heavy (non-hydrogen) atoms. The number of fused-ring (bicyclic) bond motifs is 1. The molecule has 102 valence electrons. The molecular weight excluding hydrogens is 252 g/mol. The van der Waals surface area contributed by atoms with Crippen LogP contribution in [-0.4, -0.2) is 14.4 Å². The van der Waals surface area contributed by atoms with E-state index in [-0.39, 0.29) is 0 Å². The molecule has 0 fully saturated rings. The van der Waals surface area contributed by atoms with Gasteiger partial charge >= 0.3 is 0 Å². The van der Waals surface area contributed by atoms with Crippen LogP contribution in [0.25, 0.3) is 5.65 Å². The van der Waals surface area contributed by atoms with Gasteiger partial charge in [-0.1, -0.05) is 32.0 Å². The summed E-state index contributed by atoms with van der Waals surface area (Å²) in [5.74, 6) is 1.96. The molecule has 0 radical (unpaired) electrons. The van der Waals surface area contributed by atoms with Crippen LogP contribution in [0.4, 0.5) is 5.82 Å². The summed E-state index contributed by atoms with van der Waals surface area (Å²) in [5.41, 5.74) is 7.57. The molecule has 0 aliphatic rings. The summed E-state index contributed by atoms with van der Waals surface area (Å²) in [7, 11) is 0. The van der Waals surface area contributed by atoms with E-state index in [4.69, 9.17) is 10.5 Å². The molecule has 0 spiro atoms. The number of rotatable bonds is 3. The van der Waals surface area contributed by atoms with Crippen LogP contribution in [0.1, 0.15) is 25.3 Å². The molecule has 5 nitrogen and oxygen atoms in total. The van der Waals surface area contributed by atoms with Gasteiger partial charge in [-0.05, 0) is 17.5 Å². The average Bonchev–Trinajstić information content (AvgIpc) is 2.87. The normalized spacial score (nSPS) is 11.2. The van der Waals surface area contributed by atoms with Crippen molar-refractivity contribution in [3.8, 4) is 11.6 Å². The molecule has 0 unspecified atom stereocenters. The van der Waals surface area contributed by atoms with Crippen molar-refractivity contribution < 1.29 is 4.74 Å². The highest BCUT2D eigenvalue weighted by atomic mass is 16.5. The van der Waals surface area contributed by atoms with E-state index in [0.717, 1.165) is 11.3 Å². The van der Waals surface area contributed by atoms with Gasteiger partial charge in [-0.2, -0.15) is 4.98 Å². The highest BCUT2D eigenvalue weighted by Crippen LogP contribution is 2.31. The molecule has 0 aliphatic heterocycles. The quantitative estimate of drug-likeness (QED) is 0.792. The number of hydrogen-bond donors (Lipinski definition) is 1. The zero-order valence-electron chi connectivity index (χ0n) is 11.4. The number of nitrogens with two attached hydrogens (primary N) is 1. The molecule has 3 rings (SSSR count). The first kappa shape index (κ1) is 12.5. The zero-order chi connectivity index (χ0) is 14.1. The number of benzene rings is 1. The lowest BCUT2D eigenvalue weighted by atomic mass is 10.0. The van der Waals surface area contributed by atoms with Crippen molar-refractivity contribution in [2.75, 3.05) is 5.73 Å². The minimum absolute atomic E-state index is 0.364. The van der Waals surface area contributed by atoms with E-state index in [1.165, 1.54) is 0 Å². The summed E-state index contributed by atoms with van der Waals surface area (Å²) >= 11 is 0. The Morgan fingerprint density at radius 2 is 2.05 bits per heavy atom. The number of imidazole rings is 1. The molecule has 0 saturated heterocycles. The van der Waals surface area contributed by atoms with Gasteiger partial charge in [0.05, 0.1) is 6.20 Å². The maximum Gasteiger partial charge on any atom is 0.265 e. The van der Waals surface area contributed by atoms with E-state index in [9.17, 15) is 0 Å². The van der Waals surface area contributed by atoms with Crippen LogP contribution in [0.2, 0.25) is 0 Å². The fourth-order valence-electron chi connectivity index (χ4n) is 2.14. The molecule has 0 bridgehead atoms. The second-order valence-electron chi connectivity index (χ2n) is 4.92.